The first-order valence-electron chi connectivity index (χ1n) is 5.87. The lowest BCUT2D eigenvalue weighted by atomic mass is 10.2. The van der Waals surface area contributed by atoms with Crippen LogP contribution in [0.4, 0.5) is 14.7 Å². The van der Waals surface area contributed by atoms with E-state index in [4.69, 9.17) is 17.3 Å². The van der Waals surface area contributed by atoms with E-state index in [1.165, 1.54) is 18.2 Å². The third kappa shape index (κ3) is 1.91. The number of aromatic nitrogens is 2. The highest BCUT2D eigenvalue weighted by atomic mass is 35.5. The number of imidazole rings is 1. The molecule has 0 saturated heterocycles. The second-order valence-electron chi connectivity index (χ2n) is 4.49. The molecule has 1 heterocycles. The molecule has 0 spiro atoms. The number of nitrogen functional groups attached to an aromatic ring is 1. The zero-order valence-electron chi connectivity index (χ0n) is 10.5. The molecule has 0 amide bonds. The Morgan fingerprint density at radius 1 is 1.15 bits per heavy atom. The number of hydrogen-bond acceptors (Lipinski definition) is 2. The SMILES string of the molecule is Cc1cc(-n2c(N)nc3cc(Cl)c(F)cc32)ccc1F. The molecule has 0 radical (unpaired) electrons. The molecule has 102 valence electrons. The van der Waals surface area contributed by atoms with Gasteiger partial charge in [-0.05, 0) is 36.8 Å². The van der Waals surface area contributed by atoms with E-state index in [0.717, 1.165) is 0 Å². The van der Waals surface area contributed by atoms with Gasteiger partial charge in [0.1, 0.15) is 11.6 Å². The summed E-state index contributed by atoms with van der Waals surface area (Å²) in [6, 6.07) is 7.20. The topological polar surface area (TPSA) is 43.8 Å². The maximum Gasteiger partial charge on any atom is 0.205 e. The molecule has 1 aromatic heterocycles. The van der Waals surface area contributed by atoms with Gasteiger partial charge in [0.2, 0.25) is 5.95 Å². The van der Waals surface area contributed by atoms with Gasteiger partial charge in [-0.2, -0.15) is 0 Å². The van der Waals surface area contributed by atoms with Crippen molar-refractivity contribution in [2.24, 2.45) is 0 Å². The molecule has 0 aliphatic rings. The first-order chi connectivity index (χ1) is 9.47. The Balaban J connectivity index is 2.32. The van der Waals surface area contributed by atoms with Crippen LogP contribution in [0.15, 0.2) is 30.3 Å². The number of hydrogen-bond donors (Lipinski definition) is 1. The molecule has 0 bridgehead atoms. The average Bonchev–Trinajstić information content (AvgIpc) is 2.69. The predicted molar refractivity (Wildman–Crippen MR) is 75.1 cm³/mol. The molecule has 0 aliphatic heterocycles. The van der Waals surface area contributed by atoms with E-state index in [1.807, 2.05) is 0 Å². The van der Waals surface area contributed by atoms with Crippen molar-refractivity contribution in [3.63, 3.8) is 0 Å². The first-order valence-corrected chi connectivity index (χ1v) is 6.24. The van der Waals surface area contributed by atoms with Crippen LogP contribution in [0.1, 0.15) is 5.56 Å². The van der Waals surface area contributed by atoms with Gasteiger partial charge in [-0.25, -0.2) is 13.8 Å². The molecule has 0 saturated carbocycles. The summed E-state index contributed by atoms with van der Waals surface area (Å²) in [6.07, 6.45) is 0. The van der Waals surface area contributed by atoms with Crippen molar-refractivity contribution in [3.05, 3.63) is 52.6 Å². The highest BCUT2D eigenvalue weighted by molar-refractivity contribution is 6.31. The van der Waals surface area contributed by atoms with E-state index >= 15 is 0 Å². The summed E-state index contributed by atoms with van der Waals surface area (Å²) in [5.41, 5.74) is 7.92. The number of benzene rings is 2. The molecule has 0 aliphatic carbocycles. The van der Waals surface area contributed by atoms with Crippen LogP contribution < -0.4 is 5.73 Å². The fourth-order valence-corrected chi connectivity index (χ4v) is 2.29. The van der Waals surface area contributed by atoms with Crippen molar-refractivity contribution in [3.8, 4) is 5.69 Å². The minimum absolute atomic E-state index is 0.0163. The summed E-state index contributed by atoms with van der Waals surface area (Å²) in [6.45, 7) is 1.64. The van der Waals surface area contributed by atoms with Crippen LogP contribution in [0.2, 0.25) is 5.02 Å². The second-order valence-corrected chi connectivity index (χ2v) is 4.90. The molecule has 2 aromatic carbocycles. The Kier molecular flexibility index (Phi) is 2.87. The van der Waals surface area contributed by atoms with Crippen LogP contribution in [0.3, 0.4) is 0 Å². The van der Waals surface area contributed by atoms with Crippen LogP contribution in [-0.2, 0) is 0 Å². The lowest BCUT2D eigenvalue weighted by molar-refractivity contribution is 0.618. The average molecular weight is 294 g/mol. The van der Waals surface area contributed by atoms with Crippen LogP contribution in [0, 0.1) is 18.6 Å². The zero-order valence-corrected chi connectivity index (χ0v) is 11.2. The number of anilines is 1. The minimum Gasteiger partial charge on any atom is -0.369 e. The number of aryl methyl sites for hydroxylation is 1. The van der Waals surface area contributed by atoms with Gasteiger partial charge in [-0.15, -0.1) is 0 Å². The second kappa shape index (κ2) is 4.45. The van der Waals surface area contributed by atoms with E-state index in [9.17, 15) is 8.78 Å². The van der Waals surface area contributed by atoms with Gasteiger partial charge in [0.05, 0.1) is 16.1 Å². The quantitative estimate of drug-likeness (QED) is 0.740. The summed E-state index contributed by atoms with van der Waals surface area (Å²) >= 11 is 5.73. The van der Waals surface area contributed by atoms with E-state index < -0.39 is 5.82 Å². The van der Waals surface area contributed by atoms with Gasteiger partial charge in [-0.3, -0.25) is 4.57 Å². The van der Waals surface area contributed by atoms with Crippen molar-refractivity contribution in [1.29, 1.82) is 0 Å². The van der Waals surface area contributed by atoms with Gasteiger partial charge in [0.25, 0.3) is 0 Å². The fourth-order valence-electron chi connectivity index (χ4n) is 2.13. The smallest absolute Gasteiger partial charge is 0.205 e. The van der Waals surface area contributed by atoms with Crippen LogP contribution in [0.25, 0.3) is 16.7 Å². The van der Waals surface area contributed by atoms with E-state index in [1.54, 1.807) is 23.6 Å². The van der Waals surface area contributed by atoms with E-state index in [2.05, 4.69) is 4.98 Å². The molecular formula is C14H10ClF2N3. The van der Waals surface area contributed by atoms with Gasteiger partial charge in [0.15, 0.2) is 0 Å². The Bertz CT molecular complexity index is 827. The molecule has 3 nitrogen and oxygen atoms in total. The van der Waals surface area contributed by atoms with Crippen molar-refractivity contribution in [1.82, 2.24) is 9.55 Å². The summed E-state index contributed by atoms with van der Waals surface area (Å²) in [5.74, 6) is -0.683. The van der Waals surface area contributed by atoms with Gasteiger partial charge in [-0.1, -0.05) is 11.6 Å². The molecule has 0 fully saturated rings. The third-order valence-electron chi connectivity index (χ3n) is 3.12. The summed E-state index contributed by atoms with van der Waals surface area (Å²) in [4.78, 5) is 4.14. The van der Waals surface area contributed by atoms with Gasteiger partial charge >= 0.3 is 0 Å². The van der Waals surface area contributed by atoms with Crippen LogP contribution in [-0.4, -0.2) is 9.55 Å². The van der Waals surface area contributed by atoms with E-state index in [0.29, 0.717) is 22.3 Å². The monoisotopic (exact) mass is 293 g/mol. The Labute approximate surface area is 118 Å². The lowest BCUT2D eigenvalue weighted by Crippen LogP contribution is -2.01. The molecule has 3 rings (SSSR count). The Morgan fingerprint density at radius 2 is 1.90 bits per heavy atom. The van der Waals surface area contributed by atoms with E-state index in [-0.39, 0.29) is 16.8 Å². The number of halogens is 3. The van der Waals surface area contributed by atoms with Crippen molar-refractivity contribution in [2.45, 2.75) is 6.92 Å². The zero-order chi connectivity index (χ0) is 14.4. The van der Waals surface area contributed by atoms with Crippen LogP contribution >= 0.6 is 11.6 Å². The molecule has 2 N–H and O–H groups in total. The maximum absolute atomic E-state index is 13.6. The lowest BCUT2D eigenvalue weighted by Gasteiger charge is -2.08. The summed E-state index contributed by atoms with van der Waals surface area (Å²) in [7, 11) is 0. The molecule has 6 heteroatoms. The first kappa shape index (κ1) is 12.9. The largest absolute Gasteiger partial charge is 0.369 e. The molecular weight excluding hydrogens is 284 g/mol. The highest BCUT2D eigenvalue weighted by Crippen LogP contribution is 2.28. The van der Waals surface area contributed by atoms with Crippen molar-refractivity contribution >= 4 is 28.6 Å². The van der Waals surface area contributed by atoms with Gasteiger partial charge < -0.3 is 5.73 Å². The standard InChI is InChI=1S/C14H10ClF2N3/c1-7-4-8(2-3-10(7)16)20-13-6-11(17)9(15)5-12(13)19-14(20)18/h2-6H,1H3,(H2,18,19). The molecule has 20 heavy (non-hydrogen) atoms. The molecule has 3 aromatic rings. The summed E-state index contributed by atoms with van der Waals surface area (Å²) in [5, 5.41) is -0.0163. The number of nitrogens with zero attached hydrogens (tertiary/aromatic N) is 2. The summed E-state index contributed by atoms with van der Waals surface area (Å²) < 4.78 is 28.5. The predicted octanol–water partition coefficient (Wildman–Crippen LogP) is 3.85. The van der Waals surface area contributed by atoms with Crippen LogP contribution in [0.5, 0.6) is 0 Å². The molecule has 0 atom stereocenters. The normalized spacial score (nSPS) is 11.2. The minimum atomic E-state index is -0.556. The molecule has 0 unspecified atom stereocenters. The third-order valence-corrected chi connectivity index (χ3v) is 3.41. The fraction of sp³-hybridized carbons (Fsp3) is 0.0714. The van der Waals surface area contributed by atoms with Gasteiger partial charge in [0, 0.05) is 11.8 Å². The number of rotatable bonds is 1. The van der Waals surface area contributed by atoms with Crippen molar-refractivity contribution in [2.75, 3.05) is 5.73 Å². The number of nitrogens with two attached hydrogens (primary N) is 1. The van der Waals surface area contributed by atoms with Crippen molar-refractivity contribution < 1.29 is 8.78 Å². The Morgan fingerprint density at radius 3 is 2.60 bits per heavy atom. The highest BCUT2D eigenvalue weighted by Gasteiger charge is 2.13. The Hall–Kier alpha value is -2.14. The number of fused-ring (bicyclic) bond motifs is 1. The maximum atomic E-state index is 13.6.